The minimum Gasteiger partial charge on any atom is -0.481 e. The fourth-order valence-electron chi connectivity index (χ4n) is 11.4. The van der Waals surface area contributed by atoms with Gasteiger partial charge in [-0.3, -0.25) is 4.79 Å². The molecule has 0 bridgehead atoms. The van der Waals surface area contributed by atoms with Crippen LogP contribution in [0.2, 0.25) is 0 Å². The van der Waals surface area contributed by atoms with Crippen LogP contribution in [0, 0.1) is 62.1 Å². The van der Waals surface area contributed by atoms with Crippen LogP contribution in [0.25, 0.3) is 0 Å². The molecule has 1 N–H and O–H groups in total. The Morgan fingerprint density at radius 1 is 0.882 bits per heavy atom. The van der Waals surface area contributed by atoms with Crippen molar-refractivity contribution in [1.29, 1.82) is 0 Å². The van der Waals surface area contributed by atoms with Gasteiger partial charge in [-0.2, -0.15) is 0 Å². The van der Waals surface area contributed by atoms with E-state index in [1.54, 1.807) is 5.57 Å². The summed E-state index contributed by atoms with van der Waals surface area (Å²) in [7, 11) is 0. The van der Waals surface area contributed by atoms with Crippen molar-refractivity contribution in [3.63, 3.8) is 0 Å². The zero-order valence-electron chi connectivity index (χ0n) is 23.7. The Balaban J connectivity index is 1.61. The van der Waals surface area contributed by atoms with E-state index < -0.39 is 11.4 Å². The number of carboxylic acid groups (broad SMARTS) is 1. The number of carbonyl (C=O) groups is 1. The maximum absolute atomic E-state index is 12.8. The molecule has 0 aliphatic heterocycles. The van der Waals surface area contributed by atoms with E-state index >= 15 is 0 Å². The fraction of sp³-hybridized carbons (Fsp3) is 0.906. The van der Waals surface area contributed by atoms with E-state index in [0.717, 1.165) is 56.3 Å². The molecule has 0 saturated heterocycles. The summed E-state index contributed by atoms with van der Waals surface area (Å²) >= 11 is 0. The second kappa shape index (κ2) is 7.16. The molecule has 0 radical (unpaired) electrons. The van der Waals surface area contributed by atoms with E-state index in [0.29, 0.717) is 16.7 Å². The van der Waals surface area contributed by atoms with Crippen molar-refractivity contribution in [2.24, 2.45) is 62.1 Å². The summed E-state index contributed by atoms with van der Waals surface area (Å²) < 4.78 is 0. The monoisotopic (exact) mass is 468 g/mol. The molecule has 0 aromatic heterocycles. The van der Waals surface area contributed by atoms with Crippen LogP contribution in [0.3, 0.4) is 0 Å². The first-order chi connectivity index (χ1) is 15.6. The molecule has 4 fully saturated rings. The Kier molecular flexibility index (Phi) is 5.24. The highest BCUT2D eigenvalue weighted by Gasteiger charge is 2.69. The second-order valence-corrected chi connectivity index (χ2v) is 16.0. The Morgan fingerprint density at radius 2 is 1.53 bits per heavy atom. The van der Waals surface area contributed by atoms with Crippen LogP contribution in [0.15, 0.2) is 11.6 Å². The van der Waals surface area contributed by atoms with Crippen molar-refractivity contribution in [3.8, 4) is 0 Å². The van der Waals surface area contributed by atoms with Gasteiger partial charge < -0.3 is 5.11 Å². The highest BCUT2D eigenvalue weighted by Crippen LogP contribution is 2.76. The molecule has 2 nitrogen and oxygen atoms in total. The average Bonchev–Trinajstić information content (AvgIpc) is 2.72. The predicted octanol–water partition coefficient (Wildman–Crippen LogP) is 8.75. The van der Waals surface area contributed by atoms with Crippen LogP contribution in [-0.4, -0.2) is 11.1 Å². The van der Waals surface area contributed by atoms with Crippen LogP contribution < -0.4 is 0 Å². The Hall–Kier alpha value is -0.790. The predicted molar refractivity (Wildman–Crippen MR) is 140 cm³/mol. The number of rotatable bonds is 1. The highest BCUT2D eigenvalue weighted by atomic mass is 16.4. The van der Waals surface area contributed by atoms with Gasteiger partial charge in [0.25, 0.3) is 0 Å². The summed E-state index contributed by atoms with van der Waals surface area (Å²) in [6, 6.07) is 0. The first kappa shape index (κ1) is 24.9. The van der Waals surface area contributed by atoms with E-state index in [9.17, 15) is 9.90 Å². The number of hydrogen-bond donors (Lipinski definition) is 1. The first-order valence-corrected chi connectivity index (χ1v) is 14.5. The second-order valence-electron chi connectivity index (χ2n) is 16.0. The first-order valence-electron chi connectivity index (χ1n) is 14.5. The molecule has 192 valence electrons. The van der Waals surface area contributed by atoms with Crippen LogP contribution in [-0.2, 0) is 4.79 Å². The van der Waals surface area contributed by atoms with Gasteiger partial charge >= 0.3 is 5.97 Å². The average molecular weight is 469 g/mol. The van der Waals surface area contributed by atoms with Gasteiger partial charge in [0, 0.05) is 0 Å². The minimum atomic E-state index is -0.526. The van der Waals surface area contributed by atoms with Crippen molar-refractivity contribution in [1.82, 2.24) is 0 Å². The van der Waals surface area contributed by atoms with Crippen molar-refractivity contribution < 1.29 is 9.90 Å². The van der Waals surface area contributed by atoms with E-state index in [2.05, 4.69) is 68.4 Å². The van der Waals surface area contributed by atoms with Gasteiger partial charge in [0.1, 0.15) is 0 Å². The van der Waals surface area contributed by atoms with Crippen molar-refractivity contribution in [3.05, 3.63) is 11.6 Å². The van der Waals surface area contributed by atoms with Crippen LogP contribution in [0.5, 0.6) is 0 Å². The van der Waals surface area contributed by atoms with Gasteiger partial charge in [-0.05, 0) is 114 Å². The third-order valence-corrected chi connectivity index (χ3v) is 14.0. The normalized spacial score (nSPS) is 53.4. The van der Waals surface area contributed by atoms with Gasteiger partial charge in [0.2, 0.25) is 0 Å². The number of carboxylic acids is 1. The molecule has 0 heterocycles. The number of fused-ring (bicyclic) bond motifs is 7. The molecule has 0 unspecified atom stereocenters. The lowest BCUT2D eigenvalue weighted by Crippen LogP contribution is -2.65. The lowest BCUT2D eigenvalue weighted by molar-refractivity contribution is -0.204. The van der Waals surface area contributed by atoms with Crippen LogP contribution in [0.4, 0.5) is 0 Å². The number of allylic oxidation sites excluding steroid dienone is 2. The summed E-state index contributed by atoms with van der Waals surface area (Å²) in [4.78, 5) is 12.8. The lowest BCUT2D eigenvalue weighted by atomic mass is 9.32. The Morgan fingerprint density at radius 3 is 2.18 bits per heavy atom. The standard InChI is InChI=1S/C32H52O2/c1-20-18-29(7)24(28(5,6)21(20)2)12-13-31(9)25(29)11-10-22-23-19-27(3,4)14-16-32(23,26(33)34)17-15-30(22,31)8/h10,20-21,23-25H,11-19H2,1-9H3,(H,33,34)/t20-,21+,23-,24-,25+,29-,30+,31+,32-/m0/s1. The molecule has 34 heavy (non-hydrogen) atoms. The van der Waals surface area contributed by atoms with E-state index in [1.807, 2.05) is 0 Å². The third-order valence-electron chi connectivity index (χ3n) is 14.0. The zero-order chi connectivity index (χ0) is 25.1. The number of hydrogen-bond acceptors (Lipinski definition) is 1. The molecule has 4 saturated carbocycles. The molecule has 0 spiro atoms. The van der Waals surface area contributed by atoms with Crippen LogP contribution in [0.1, 0.15) is 120 Å². The van der Waals surface area contributed by atoms with Crippen molar-refractivity contribution >= 4 is 5.97 Å². The smallest absolute Gasteiger partial charge is 0.310 e. The number of aliphatic carboxylic acids is 1. The molecule has 0 aromatic rings. The Labute approximate surface area is 209 Å². The minimum absolute atomic E-state index is 0.136. The van der Waals surface area contributed by atoms with Gasteiger partial charge in [0.15, 0.2) is 0 Å². The van der Waals surface area contributed by atoms with Gasteiger partial charge in [-0.15, -0.1) is 0 Å². The highest BCUT2D eigenvalue weighted by molar-refractivity contribution is 5.76. The third kappa shape index (κ3) is 2.89. The fourth-order valence-corrected chi connectivity index (χ4v) is 11.4. The SMILES string of the molecule is C[C@@H]1[C@@H](C)C[C@]2(C)[C@H]3CC=C4[C@@H]5CC(C)(C)CC[C@]5(C(=O)O)CC[C@@]4(C)[C@]3(C)CC[C@H]2C1(C)C. The molecule has 9 atom stereocenters. The summed E-state index contributed by atoms with van der Waals surface area (Å²) in [5.74, 6) is 2.74. The molecule has 5 rings (SSSR count). The summed E-state index contributed by atoms with van der Waals surface area (Å²) in [6.07, 6.45) is 12.7. The molecular formula is C32H52O2. The maximum atomic E-state index is 12.8. The molecule has 0 aromatic carbocycles. The molecule has 5 aliphatic carbocycles. The van der Waals surface area contributed by atoms with Gasteiger partial charge in [-0.25, -0.2) is 0 Å². The molecule has 5 aliphatic rings. The van der Waals surface area contributed by atoms with Gasteiger partial charge in [0.05, 0.1) is 5.41 Å². The summed E-state index contributed by atoms with van der Waals surface area (Å²) in [5, 5.41) is 10.5. The largest absolute Gasteiger partial charge is 0.481 e. The van der Waals surface area contributed by atoms with E-state index in [4.69, 9.17) is 0 Å². The molecule has 2 heteroatoms. The van der Waals surface area contributed by atoms with E-state index in [-0.39, 0.29) is 22.2 Å². The maximum Gasteiger partial charge on any atom is 0.310 e. The van der Waals surface area contributed by atoms with E-state index in [1.165, 1.54) is 19.3 Å². The summed E-state index contributed by atoms with van der Waals surface area (Å²) in [5.41, 5.74) is 2.44. The van der Waals surface area contributed by atoms with Crippen LogP contribution >= 0.6 is 0 Å². The zero-order valence-corrected chi connectivity index (χ0v) is 23.7. The Bertz CT molecular complexity index is 912. The topological polar surface area (TPSA) is 37.3 Å². The van der Waals surface area contributed by atoms with Gasteiger partial charge in [-0.1, -0.05) is 74.0 Å². The molecular weight excluding hydrogens is 416 g/mol. The van der Waals surface area contributed by atoms with Crippen molar-refractivity contribution in [2.45, 2.75) is 120 Å². The molecule has 0 amide bonds. The van der Waals surface area contributed by atoms with Crippen molar-refractivity contribution in [2.75, 3.05) is 0 Å². The quantitative estimate of drug-likeness (QED) is 0.390. The summed E-state index contributed by atoms with van der Waals surface area (Å²) in [6.45, 7) is 22.8. The lowest BCUT2D eigenvalue weighted by Gasteiger charge is -2.72.